The number of hydrogen-bond donors (Lipinski definition) is 0. The van der Waals surface area contributed by atoms with E-state index in [9.17, 15) is 4.79 Å². The van der Waals surface area contributed by atoms with Crippen molar-refractivity contribution < 1.29 is 4.79 Å². The van der Waals surface area contributed by atoms with Gasteiger partial charge in [-0.15, -0.1) is 23.5 Å². The fourth-order valence-corrected chi connectivity index (χ4v) is 4.87. The first-order valence-electron chi connectivity index (χ1n) is 7.36. The molecule has 1 unspecified atom stereocenters. The molecule has 4 heteroatoms. The van der Waals surface area contributed by atoms with Gasteiger partial charge in [-0.25, -0.2) is 0 Å². The number of carbonyl (C=O) groups is 1. The summed E-state index contributed by atoms with van der Waals surface area (Å²) in [7, 11) is 0. The van der Waals surface area contributed by atoms with Crippen LogP contribution in [0.4, 0.5) is 0 Å². The second-order valence-electron chi connectivity index (χ2n) is 5.53. The molecule has 1 atom stereocenters. The number of carbonyl (C=O) groups excluding carboxylic acids is 1. The Morgan fingerprint density at radius 1 is 1.15 bits per heavy atom. The Morgan fingerprint density at radius 3 is 2.50 bits per heavy atom. The molecule has 0 spiro atoms. The zero-order chi connectivity index (χ0) is 13.9. The van der Waals surface area contributed by atoms with E-state index in [2.05, 4.69) is 35.4 Å². The lowest BCUT2D eigenvalue weighted by Crippen LogP contribution is -2.39. The highest BCUT2D eigenvalue weighted by Gasteiger charge is 2.37. The van der Waals surface area contributed by atoms with E-state index in [1.54, 1.807) is 23.5 Å². The lowest BCUT2D eigenvalue weighted by Gasteiger charge is -2.35. The van der Waals surface area contributed by atoms with Crippen LogP contribution in [0.5, 0.6) is 0 Å². The zero-order valence-electron chi connectivity index (χ0n) is 11.9. The molecule has 20 heavy (non-hydrogen) atoms. The van der Waals surface area contributed by atoms with Crippen LogP contribution in [0.2, 0.25) is 0 Å². The minimum absolute atomic E-state index is 0.238. The molecule has 2 aliphatic rings. The van der Waals surface area contributed by atoms with E-state index in [0.29, 0.717) is 17.7 Å². The number of hydrogen-bond acceptors (Lipinski definition) is 3. The standard InChI is InChI=1S/C16H21NOS2/c1-19-14-9-7-12(8-10-14)16-17(15(18)11-20-16)13-5-3-2-4-6-13/h7-10,13,16H,2-6,11H2,1H3. The largest absolute Gasteiger partial charge is 0.323 e. The molecule has 0 bridgehead atoms. The van der Waals surface area contributed by atoms with Gasteiger partial charge in [-0.1, -0.05) is 31.4 Å². The minimum atomic E-state index is 0.238. The van der Waals surface area contributed by atoms with Crippen LogP contribution >= 0.6 is 23.5 Å². The van der Waals surface area contributed by atoms with Crippen LogP contribution in [-0.2, 0) is 4.79 Å². The molecule has 0 aromatic heterocycles. The summed E-state index contributed by atoms with van der Waals surface area (Å²) in [5.41, 5.74) is 1.28. The first-order chi connectivity index (χ1) is 9.79. The number of rotatable bonds is 3. The van der Waals surface area contributed by atoms with Crippen molar-refractivity contribution in [3.05, 3.63) is 29.8 Å². The van der Waals surface area contributed by atoms with E-state index in [1.807, 2.05) is 0 Å². The monoisotopic (exact) mass is 307 g/mol. The SMILES string of the molecule is CSc1ccc(C2SCC(=O)N2C2CCCCC2)cc1. The van der Waals surface area contributed by atoms with Crippen LogP contribution in [0, 0.1) is 0 Å². The number of nitrogens with zero attached hydrogens (tertiary/aromatic N) is 1. The molecule has 1 aromatic carbocycles. The van der Waals surface area contributed by atoms with Gasteiger partial charge in [0.1, 0.15) is 5.37 Å². The molecule has 0 N–H and O–H groups in total. The average molecular weight is 307 g/mol. The van der Waals surface area contributed by atoms with Gasteiger partial charge >= 0.3 is 0 Å². The Kier molecular flexibility index (Phi) is 4.61. The number of thioether (sulfide) groups is 2. The van der Waals surface area contributed by atoms with Gasteiger partial charge < -0.3 is 4.90 Å². The highest BCUT2D eigenvalue weighted by Crippen LogP contribution is 2.42. The second-order valence-corrected chi connectivity index (χ2v) is 7.48. The van der Waals surface area contributed by atoms with Gasteiger partial charge in [0.25, 0.3) is 0 Å². The van der Waals surface area contributed by atoms with E-state index in [1.165, 1.54) is 42.6 Å². The minimum Gasteiger partial charge on any atom is -0.323 e. The fourth-order valence-electron chi connectivity index (χ4n) is 3.22. The molecular formula is C16H21NOS2. The summed E-state index contributed by atoms with van der Waals surface area (Å²) in [6.07, 6.45) is 8.35. The van der Waals surface area contributed by atoms with Crippen LogP contribution in [0.15, 0.2) is 29.2 Å². The van der Waals surface area contributed by atoms with Crippen molar-refractivity contribution in [1.82, 2.24) is 4.90 Å². The van der Waals surface area contributed by atoms with Crippen LogP contribution in [0.25, 0.3) is 0 Å². The molecule has 108 valence electrons. The third-order valence-corrected chi connectivity index (χ3v) is 6.25. The number of benzene rings is 1. The molecule has 1 amide bonds. The van der Waals surface area contributed by atoms with Crippen LogP contribution < -0.4 is 0 Å². The molecule has 1 aliphatic heterocycles. The van der Waals surface area contributed by atoms with Crippen molar-refractivity contribution in [3.8, 4) is 0 Å². The topological polar surface area (TPSA) is 20.3 Å². The van der Waals surface area contributed by atoms with Gasteiger partial charge in [-0.3, -0.25) is 4.79 Å². The molecule has 2 nitrogen and oxygen atoms in total. The normalized spacial score (nSPS) is 24.4. The van der Waals surface area contributed by atoms with Gasteiger partial charge in [0, 0.05) is 10.9 Å². The van der Waals surface area contributed by atoms with Crippen LogP contribution in [0.3, 0.4) is 0 Å². The number of amides is 1. The molecule has 0 radical (unpaired) electrons. The highest BCUT2D eigenvalue weighted by molar-refractivity contribution is 8.00. The molecule has 3 rings (SSSR count). The predicted molar refractivity (Wildman–Crippen MR) is 87.1 cm³/mol. The Bertz CT molecular complexity index is 468. The lowest BCUT2D eigenvalue weighted by molar-refractivity contribution is -0.131. The molecular weight excluding hydrogens is 286 g/mol. The molecule has 2 fully saturated rings. The Morgan fingerprint density at radius 2 is 1.85 bits per heavy atom. The predicted octanol–water partition coefficient (Wildman–Crippen LogP) is 4.32. The Hall–Kier alpha value is -0.610. The summed E-state index contributed by atoms with van der Waals surface area (Å²) in [5, 5.41) is 0.238. The van der Waals surface area contributed by atoms with Gasteiger partial charge in [0.15, 0.2) is 0 Å². The van der Waals surface area contributed by atoms with Gasteiger partial charge in [-0.05, 0) is 36.8 Å². The van der Waals surface area contributed by atoms with E-state index in [4.69, 9.17) is 0 Å². The summed E-state index contributed by atoms with van der Waals surface area (Å²) in [4.78, 5) is 15.7. The summed E-state index contributed by atoms with van der Waals surface area (Å²) in [5.74, 6) is 0.978. The van der Waals surface area contributed by atoms with E-state index in [0.717, 1.165) is 0 Å². The summed E-state index contributed by atoms with van der Waals surface area (Å²) in [6.45, 7) is 0. The highest BCUT2D eigenvalue weighted by atomic mass is 32.2. The first-order valence-corrected chi connectivity index (χ1v) is 9.63. The lowest BCUT2D eigenvalue weighted by atomic mass is 9.93. The van der Waals surface area contributed by atoms with E-state index >= 15 is 0 Å². The zero-order valence-corrected chi connectivity index (χ0v) is 13.5. The summed E-state index contributed by atoms with van der Waals surface area (Å²) >= 11 is 3.55. The molecule has 1 saturated carbocycles. The van der Waals surface area contributed by atoms with Crippen molar-refractivity contribution in [2.75, 3.05) is 12.0 Å². The van der Waals surface area contributed by atoms with Crippen molar-refractivity contribution in [3.63, 3.8) is 0 Å². The second kappa shape index (κ2) is 6.44. The first kappa shape index (κ1) is 14.3. The Balaban J connectivity index is 1.80. The maximum atomic E-state index is 12.3. The smallest absolute Gasteiger partial charge is 0.234 e. The van der Waals surface area contributed by atoms with Gasteiger partial charge in [0.2, 0.25) is 5.91 Å². The van der Waals surface area contributed by atoms with Crippen LogP contribution in [0.1, 0.15) is 43.0 Å². The third-order valence-electron chi connectivity index (χ3n) is 4.27. The van der Waals surface area contributed by atoms with Crippen LogP contribution in [-0.4, -0.2) is 28.9 Å². The van der Waals surface area contributed by atoms with Gasteiger partial charge in [-0.2, -0.15) is 0 Å². The quantitative estimate of drug-likeness (QED) is 0.776. The molecule has 1 aliphatic carbocycles. The third kappa shape index (κ3) is 2.86. The molecule has 1 heterocycles. The van der Waals surface area contributed by atoms with Crippen molar-refractivity contribution >= 4 is 29.4 Å². The van der Waals surface area contributed by atoms with E-state index < -0.39 is 0 Å². The van der Waals surface area contributed by atoms with Gasteiger partial charge in [0.05, 0.1) is 5.75 Å². The fraction of sp³-hybridized carbons (Fsp3) is 0.562. The van der Waals surface area contributed by atoms with E-state index in [-0.39, 0.29) is 5.37 Å². The molecule has 1 aromatic rings. The molecule has 1 saturated heterocycles. The summed E-state index contributed by atoms with van der Waals surface area (Å²) in [6, 6.07) is 9.19. The Labute approximate surface area is 129 Å². The average Bonchev–Trinajstić information content (AvgIpc) is 2.90. The maximum Gasteiger partial charge on any atom is 0.234 e. The maximum absolute atomic E-state index is 12.3. The van der Waals surface area contributed by atoms with Crippen molar-refractivity contribution in [2.24, 2.45) is 0 Å². The summed E-state index contributed by atoms with van der Waals surface area (Å²) < 4.78 is 0. The van der Waals surface area contributed by atoms with Crippen molar-refractivity contribution in [2.45, 2.75) is 48.4 Å². The van der Waals surface area contributed by atoms with Crippen molar-refractivity contribution in [1.29, 1.82) is 0 Å².